The maximum Gasteiger partial charge on any atom is 0.449 e. The summed E-state index contributed by atoms with van der Waals surface area (Å²) in [4.78, 5) is 29.3. The van der Waals surface area contributed by atoms with Gasteiger partial charge in [-0.25, -0.2) is 4.98 Å². The Kier molecular flexibility index (Phi) is 4.88. The summed E-state index contributed by atoms with van der Waals surface area (Å²) in [6.45, 7) is 4.08. The van der Waals surface area contributed by atoms with Crippen LogP contribution >= 0.6 is 0 Å². The second-order valence-electron chi connectivity index (χ2n) is 7.07. The Morgan fingerprint density at radius 1 is 1.22 bits per heavy atom. The highest BCUT2D eigenvalue weighted by molar-refractivity contribution is 5.97. The normalized spacial score (nSPS) is 16.3. The first-order valence-electron chi connectivity index (χ1n) is 8.77. The van der Waals surface area contributed by atoms with Crippen LogP contribution in [0.1, 0.15) is 48.9 Å². The lowest BCUT2D eigenvalue weighted by molar-refractivity contribution is -0.147. The Morgan fingerprint density at radius 3 is 2.37 bits per heavy atom. The van der Waals surface area contributed by atoms with Crippen molar-refractivity contribution < 1.29 is 22.8 Å². The minimum absolute atomic E-state index is 0.133. The Bertz CT molecular complexity index is 881. The number of primary amides is 1. The van der Waals surface area contributed by atoms with Gasteiger partial charge in [-0.3, -0.25) is 9.59 Å². The maximum absolute atomic E-state index is 13.3. The Hall–Kier alpha value is -2.58. The van der Waals surface area contributed by atoms with Gasteiger partial charge in [0.1, 0.15) is 0 Å². The van der Waals surface area contributed by atoms with E-state index in [-0.39, 0.29) is 28.8 Å². The molecule has 1 aromatic heterocycles. The Morgan fingerprint density at radius 2 is 1.85 bits per heavy atom. The average Bonchev–Trinajstić information content (AvgIpc) is 3.00. The number of fused-ring (bicyclic) bond motifs is 1. The molecule has 0 atom stereocenters. The number of hydrogen-bond acceptors (Lipinski definition) is 3. The van der Waals surface area contributed by atoms with Crippen LogP contribution in [-0.4, -0.2) is 39.4 Å². The van der Waals surface area contributed by atoms with Crippen LogP contribution in [0.4, 0.5) is 13.2 Å². The minimum Gasteiger partial charge on any atom is -0.369 e. The van der Waals surface area contributed by atoms with Gasteiger partial charge in [0.15, 0.2) is 0 Å². The molecule has 0 radical (unpaired) electrons. The van der Waals surface area contributed by atoms with E-state index in [9.17, 15) is 22.8 Å². The molecule has 2 heterocycles. The molecule has 2 aromatic rings. The van der Waals surface area contributed by atoms with Gasteiger partial charge >= 0.3 is 6.18 Å². The fourth-order valence-corrected chi connectivity index (χ4v) is 3.50. The van der Waals surface area contributed by atoms with Crippen molar-refractivity contribution in [2.24, 2.45) is 11.7 Å². The number of carbonyl (C=O) groups excluding carboxylic acids is 2. The van der Waals surface area contributed by atoms with E-state index in [1.807, 2.05) is 0 Å². The molecule has 1 aromatic carbocycles. The van der Waals surface area contributed by atoms with Gasteiger partial charge in [0, 0.05) is 30.6 Å². The fraction of sp³-hybridized carbons (Fsp3) is 0.500. The first-order valence-corrected chi connectivity index (χ1v) is 8.77. The monoisotopic (exact) mass is 382 g/mol. The number of halogens is 3. The number of benzene rings is 1. The molecule has 0 saturated carbocycles. The number of carbonyl (C=O) groups is 2. The van der Waals surface area contributed by atoms with Crippen molar-refractivity contribution in [1.29, 1.82) is 0 Å². The lowest BCUT2D eigenvalue weighted by Crippen LogP contribution is -2.41. The van der Waals surface area contributed by atoms with Crippen LogP contribution in [0.15, 0.2) is 18.2 Å². The third-order valence-electron chi connectivity index (χ3n) is 4.89. The first-order chi connectivity index (χ1) is 12.6. The summed E-state index contributed by atoms with van der Waals surface area (Å²) < 4.78 is 41.0. The molecule has 146 valence electrons. The third-order valence-corrected chi connectivity index (χ3v) is 4.89. The second-order valence-corrected chi connectivity index (χ2v) is 7.07. The molecular formula is C18H21F3N4O2. The fourth-order valence-electron chi connectivity index (χ4n) is 3.50. The van der Waals surface area contributed by atoms with Crippen LogP contribution in [0.5, 0.6) is 0 Å². The van der Waals surface area contributed by atoms with E-state index in [0.29, 0.717) is 31.4 Å². The number of imidazole rings is 1. The van der Waals surface area contributed by atoms with E-state index in [1.165, 1.54) is 18.2 Å². The summed E-state index contributed by atoms with van der Waals surface area (Å²) in [5, 5.41) is 0. The molecule has 2 amide bonds. The van der Waals surface area contributed by atoms with Crippen molar-refractivity contribution in [3.63, 3.8) is 0 Å². The number of likely N-dealkylation sites (tertiary alicyclic amines) is 1. The number of rotatable bonds is 3. The summed E-state index contributed by atoms with van der Waals surface area (Å²) in [5.74, 6) is -1.87. The summed E-state index contributed by atoms with van der Waals surface area (Å²) in [6, 6.07) is 3.99. The van der Waals surface area contributed by atoms with Crippen molar-refractivity contribution in [3.05, 3.63) is 29.6 Å². The van der Waals surface area contributed by atoms with Crippen LogP contribution < -0.4 is 5.73 Å². The van der Waals surface area contributed by atoms with Crippen LogP contribution in [-0.2, 0) is 11.0 Å². The van der Waals surface area contributed by atoms with Crippen molar-refractivity contribution in [1.82, 2.24) is 14.5 Å². The largest absolute Gasteiger partial charge is 0.449 e. The average molecular weight is 382 g/mol. The molecule has 0 aliphatic carbocycles. The predicted octanol–water partition coefficient (Wildman–Crippen LogP) is 2.97. The van der Waals surface area contributed by atoms with Gasteiger partial charge in [0.05, 0.1) is 11.0 Å². The van der Waals surface area contributed by atoms with E-state index in [4.69, 9.17) is 5.73 Å². The van der Waals surface area contributed by atoms with Gasteiger partial charge < -0.3 is 15.2 Å². The highest BCUT2D eigenvalue weighted by Crippen LogP contribution is 2.34. The third kappa shape index (κ3) is 3.63. The van der Waals surface area contributed by atoms with Gasteiger partial charge in [0.2, 0.25) is 11.7 Å². The Balaban J connectivity index is 1.91. The second kappa shape index (κ2) is 6.86. The van der Waals surface area contributed by atoms with Crippen molar-refractivity contribution in [3.8, 4) is 0 Å². The molecule has 1 saturated heterocycles. The number of amides is 2. The summed E-state index contributed by atoms with van der Waals surface area (Å²) in [6.07, 6.45) is -3.60. The molecule has 1 aliphatic rings. The van der Waals surface area contributed by atoms with Crippen LogP contribution in [0.3, 0.4) is 0 Å². The molecule has 27 heavy (non-hydrogen) atoms. The molecule has 6 nitrogen and oxygen atoms in total. The zero-order valence-electron chi connectivity index (χ0n) is 15.1. The highest BCUT2D eigenvalue weighted by atomic mass is 19.4. The van der Waals surface area contributed by atoms with E-state index >= 15 is 0 Å². The van der Waals surface area contributed by atoms with Crippen LogP contribution in [0, 0.1) is 5.92 Å². The molecule has 1 aliphatic heterocycles. The summed E-state index contributed by atoms with van der Waals surface area (Å²) in [5.41, 5.74) is 6.04. The molecule has 1 fully saturated rings. The number of nitrogens with two attached hydrogens (primary N) is 1. The van der Waals surface area contributed by atoms with Crippen molar-refractivity contribution in [2.45, 2.75) is 38.9 Å². The molecule has 2 N–H and O–H groups in total. The number of aromatic nitrogens is 2. The van der Waals surface area contributed by atoms with Gasteiger partial charge in [-0.15, -0.1) is 0 Å². The van der Waals surface area contributed by atoms with Crippen LogP contribution in [0.2, 0.25) is 0 Å². The Labute approximate surface area is 154 Å². The van der Waals surface area contributed by atoms with E-state index in [1.54, 1.807) is 18.7 Å². The standard InChI is InChI=1S/C18H21F3N4O2/c1-10(2)25-14-4-3-12(9-13(14)23-17(25)18(19,20)21)16(27)24-7-5-11(6-8-24)15(22)26/h3-4,9-11H,5-8H2,1-2H3,(H2,22,26). The molecule has 9 heteroatoms. The SMILES string of the molecule is CC(C)n1c(C(F)(F)F)nc2cc(C(=O)N3CCC(C(N)=O)CC3)ccc21. The van der Waals surface area contributed by atoms with Crippen LogP contribution in [0.25, 0.3) is 11.0 Å². The highest BCUT2D eigenvalue weighted by Gasteiger charge is 2.38. The van der Waals surface area contributed by atoms with Gasteiger partial charge in [0.25, 0.3) is 5.91 Å². The predicted molar refractivity (Wildman–Crippen MR) is 92.9 cm³/mol. The van der Waals surface area contributed by atoms with E-state index in [2.05, 4.69) is 4.98 Å². The first kappa shape index (κ1) is 19.2. The zero-order valence-corrected chi connectivity index (χ0v) is 15.1. The summed E-state index contributed by atoms with van der Waals surface area (Å²) >= 11 is 0. The molecular weight excluding hydrogens is 361 g/mol. The number of nitrogens with zero attached hydrogens (tertiary/aromatic N) is 3. The molecule has 0 bridgehead atoms. The van der Waals surface area contributed by atoms with Crippen molar-refractivity contribution in [2.75, 3.05) is 13.1 Å². The smallest absolute Gasteiger partial charge is 0.369 e. The lowest BCUT2D eigenvalue weighted by atomic mass is 9.96. The van der Waals surface area contributed by atoms with E-state index < -0.39 is 18.0 Å². The molecule has 0 spiro atoms. The van der Waals surface area contributed by atoms with Crippen molar-refractivity contribution >= 4 is 22.8 Å². The maximum atomic E-state index is 13.3. The van der Waals surface area contributed by atoms with E-state index in [0.717, 1.165) is 4.57 Å². The van der Waals surface area contributed by atoms with Gasteiger partial charge in [-0.1, -0.05) is 0 Å². The molecule has 0 unspecified atom stereocenters. The number of piperidine rings is 1. The minimum atomic E-state index is -4.58. The van der Waals surface area contributed by atoms with Gasteiger partial charge in [-0.2, -0.15) is 13.2 Å². The quantitative estimate of drug-likeness (QED) is 0.886. The topological polar surface area (TPSA) is 81.2 Å². The summed E-state index contributed by atoms with van der Waals surface area (Å²) in [7, 11) is 0. The zero-order chi connectivity index (χ0) is 19.9. The number of hydrogen-bond donors (Lipinski definition) is 1. The van der Waals surface area contributed by atoms with Gasteiger partial charge in [-0.05, 0) is 44.9 Å². The lowest BCUT2D eigenvalue weighted by Gasteiger charge is -2.30. The molecule has 3 rings (SSSR count). The number of alkyl halides is 3.